The summed E-state index contributed by atoms with van der Waals surface area (Å²) in [5.74, 6) is 0. The Balaban J connectivity index is 1.55. The number of nitrogens with one attached hydrogen (secondary N) is 3. The number of halogens is 1. The maximum absolute atomic E-state index is 12.3. The predicted molar refractivity (Wildman–Crippen MR) is 79.3 cm³/mol. The third-order valence-corrected chi connectivity index (χ3v) is 5.05. The summed E-state index contributed by atoms with van der Waals surface area (Å²) in [7, 11) is 0. The summed E-state index contributed by atoms with van der Waals surface area (Å²) >= 11 is 3.39. The average molecular weight is 342 g/mol. The third-order valence-electron chi connectivity index (χ3n) is 4.36. The average Bonchev–Trinajstić information content (AvgIpc) is 3.06. The fourth-order valence-corrected chi connectivity index (χ4v) is 3.55. The fourth-order valence-electron chi connectivity index (χ4n) is 3.22. The molecule has 0 aromatic carbocycles. The van der Waals surface area contributed by atoms with Gasteiger partial charge in [-0.25, -0.2) is 4.79 Å². The van der Waals surface area contributed by atoms with E-state index in [1.165, 1.54) is 12.8 Å². The van der Waals surface area contributed by atoms with E-state index in [1.54, 1.807) is 6.20 Å². The summed E-state index contributed by atoms with van der Waals surface area (Å²) in [5, 5.41) is 13.2. The van der Waals surface area contributed by atoms with Gasteiger partial charge in [-0.15, -0.1) is 0 Å². The SMILES string of the molecule is O=C(NCc1[nH]ncc1Br)N1CCCC2(CCNC2)C1. The van der Waals surface area contributed by atoms with Crippen molar-refractivity contribution in [1.29, 1.82) is 0 Å². The van der Waals surface area contributed by atoms with Gasteiger partial charge in [-0.3, -0.25) is 5.10 Å². The van der Waals surface area contributed by atoms with Crippen LogP contribution in [0.5, 0.6) is 0 Å². The molecule has 3 rings (SSSR count). The largest absolute Gasteiger partial charge is 0.332 e. The highest BCUT2D eigenvalue weighted by Crippen LogP contribution is 2.35. The Kier molecular flexibility index (Phi) is 3.98. The normalized spacial score (nSPS) is 26.1. The number of hydrogen-bond donors (Lipinski definition) is 3. The van der Waals surface area contributed by atoms with Crippen molar-refractivity contribution in [2.45, 2.75) is 25.8 Å². The Bertz CT molecular complexity index is 483. The molecular weight excluding hydrogens is 322 g/mol. The van der Waals surface area contributed by atoms with Crippen molar-refractivity contribution in [1.82, 2.24) is 25.7 Å². The number of carbonyl (C=O) groups excluding carboxylic acids is 1. The number of aromatic nitrogens is 2. The van der Waals surface area contributed by atoms with Gasteiger partial charge in [-0.1, -0.05) is 0 Å². The molecule has 1 aromatic rings. The van der Waals surface area contributed by atoms with Crippen LogP contribution in [0, 0.1) is 5.41 Å². The Hall–Kier alpha value is -1.08. The second-order valence-electron chi connectivity index (χ2n) is 5.81. The minimum Gasteiger partial charge on any atom is -0.332 e. The van der Waals surface area contributed by atoms with Crippen LogP contribution in [0.15, 0.2) is 10.7 Å². The Morgan fingerprint density at radius 3 is 3.15 bits per heavy atom. The smallest absolute Gasteiger partial charge is 0.317 e. The van der Waals surface area contributed by atoms with Crippen molar-refractivity contribution in [3.8, 4) is 0 Å². The third kappa shape index (κ3) is 2.83. The first-order valence-electron chi connectivity index (χ1n) is 7.10. The molecule has 0 aliphatic carbocycles. The van der Waals surface area contributed by atoms with Crippen LogP contribution in [0.1, 0.15) is 25.0 Å². The zero-order valence-electron chi connectivity index (χ0n) is 11.4. The first-order valence-corrected chi connectivity index (χ1v) is 7.89. The molecule has 2 aliphatic rings. The zero-order chi connectivity index (χ0) is 14.0. The van der Waals surface area contributed by atoms with Gasteiger partial charge in [-0.05, 0) is 41.7 Å². The van der Waals surface area contributed by atoms with Gasteiger partial charge in [-0.2, -0.15) is 5.10 Å². The first kappa shape index (κ1) is 13.9. The number of piperidine rings is 1. The molecule has 7 heteroatoms. The van der Waals surface area contributed by atoms with E-state index in [9.17, 15) is 4.79 Å². The van der Waals surface area contributed by atoms with E-state index in [1.807, 2.05) is 4.90 Å². The predicted octanol–water partition coefficient (Wildman–Crippen LogP) is 1.46. The number of carbonyl (C=O) groups is 1. The molecule has 2 amide bonds. The van der Waals surface area contributed by atoms with Crippen molar-refractivity contribution < 1.29 is 4.79 Å². The van der Waals surface area contributed by atoms with Crippen molar-refractivity contribution in [3.05, 3.63) is 16.4 Å². The maximum atomic E-state index is 12.3. The summed E-state index contributed by atoms with van der Waals surface area (Å²) in [6, 6.07) is 0.0254. The highest BCUT2D eigenvalue weighted by molar-refractivity contribution is 9.10. The molecule has 1 unspecified atom stereocenters. The molecule has 0 saturated carbocycles. The molecule has 1 aromatic heterocycles. The number of nitrogens with zero attached hydrogens (tertiary/aromatic N) is 2. The first-order chi connectivity index (χ1) is 9.69. The number of hydrogen-bond acceptors (Lipinski definition) is 3. The van der Waals surface area contributed by atoms with Gasteiger partial charge in [0, 0.05) is 25.0 Å². The van der Waals surface area contributed by atoms with Crippen molar-refractivity contribution in [2.75, 3.05) is 26.2 Å². The lowest BCUT2D eigenvalue weighted by atomic mass is 9.79. The van der Waals surface area contributed by atoms with Gasteiger partial charge in [0.2, 0.25) is 0 Å². The molecule has 0 radical (unpaired) electrons. The van der Waals surface area contributed by atoms with E-state index in [0.717, 1.165) is 42.8 Å². The molecule has 0 bridgehead atoms. The highest BCUT2D eigenvalue weighted by atomic mass is 79.9. The molecular formula is C13H20BrN5O. The van der Waals surface area contributed by atoms with Crippen LogP contribution in [0.2, 0.25) is 0 Å². The van der Waals surface area contributed by atoms with Gasteiger partial charge in [0.15, 0.2) is 0 Å². The molecule has 1 spiro atoms. The molecule has 2 saturated heterocycles. The highest BCUT2D eigenvalue weighted by Gasteiger charge is 2.39. The minimum absolute atomic E-state index is 0.0254. The topological polar surface area (TPSA) is 73.0 Å². The van der Waals surface area contributed by atoms with Crippen LogP contribution in [-0.4, -0.2) is 47.3 Å². The number of rotatable bonds is 2. The van der Waals surface area contributed by atoms with Gasteiger partial charge in [0.1, 0.15) is 0 Å². The van der Waals surface area contributed by atoms with Crippen LogP contribution in [-0.2, 0) is 6.54 Å². The monoisotopic (exact) mass is 341 g/mol. The van der Waals surface area contributed by atoms with Crippen LogP contribution in [0.3, 0.4) is 0 Å². The molecule has 1 atom stereocenters. The van der Waals surface area contributed by atoms with E-state index in [-0.39, 0.29) is 6.03 Å². The quantitative estimate of drug-likeness (QED) is 0.762. The lowest BCUT2D eigenvalue weighted by Crippen LogP contribution is -2.50. The number of amides is 2. The van der Waals surface area contributed by atoms with Crippen LogP contribution >= 0.6 is 15.9 Å². The van der Waals surface area contributed by atoms with Gasteiger partial charge in [0.25, 0.3) is 0 Å². The molecule has 110 valence electrons. The molecule has 3 heterocycles. The Morgan fingerprint density at radius 1 is 1.55 bits per heavy atom. The molecule has 6 nitrogen and oxygen atoms in total. The number of H-pyrrole nitrogens is 1. The summed E-state index contributed by atoms with van der Waals surface area (Å²) in [4.78, 5) is 14.2. The summed E-state index contributed by atoms with van der Waals surface area (Å²) in [5.41, 5.74) is 1.21. The molecule has 2 aliphatic heterocycles. The van der Waals surface area contributed by atoms with Gasteiger partial charge in [0.05, 0.1) is 22.9 Å². The van der Waals surface area contributed by atoms with E-state index in [4.69, 9.17) is 0 Å². The van der Waals surface area contributed by atoms with E-state index in [0.29, 0.717) is 12.0 Å². The second-order valence-corrected chi connectivity index (χ2v) is 6.66. The van der Waals surface area contributed by atoms with Crippen LogP contribution in [0.25, 0.3) is 0 Å². The maximum Gasteiger partial charge on any atom is 0.317 e. The standard InChI is InChI=1S/C13H20BrN5O/c14-10-6-17-18-11(10)7-16-12(20)19-5-1-2-13(9-19)3-4-15-8-13/h6,15H,1-5,7-9H2,(H,16,20)(H,17,18). The zero-order valence-corrected chi connectivity index (χ0v) is 13.0. The summed E-state index contributed by atoms with van der Waals surface area (Å²) in [6.07, 6.45) is 5.21. The summed E-state index contributed by atoms with van der Waals surface area (Å²) < 4.78 is 0.896. The van der Waals surface area contributed by atoms with Crippen molar-refractivity contribution in [2.24, 2.45) is 5.41 Å². The van der Waals surface area contributed by atoms with E-state index < -0.39 is 0 Å². The van der Waals surface area contributed by atoms with Crippen molar-refractivity contribution in [3.63, 3.8) is 0 Å². The summed E-state index contributed by atoms with van der Waals surface area (Å²) in [6.45, 7) is 4.33. The second kappa shape index (κ2) is 5.73. The molecule has 20 heavy (non-hydrogen) atoms. The van der Waals surface area contributed by atoms with E-state index >= 15 is 0 Å². The fraction of sp³-hybridized carbons (Fsp3) is 0.692. The van der Waals surface area contributed by atoms with Crippen molar-refractivity contribution >= 4 is 22.0 Å². The van der Waals surface area contributed by atoms with Crippen LogP contribution < -0.4 is 10.6 Å². The lowest BCUT2D eigenvalue weighted by Gasteiger charge is -2.39. The molecule has 3 N–H and O–H groups in total. The Labute approximate surface area is 126 Å². The lowest BCUT2D eigenvalue weighted by molar-refractivity contribution is 0.118. The number of aromatic amines is 1. The molecule has 2 fully saturated rings. The van der Waals surface area contributed by atoms with E-state index in [2.05, 4.69) is 36.8 Å². The van der Waals surface area contributed by atoms with Crippen LogP contribution in [0.4, 0.5) is 4.79 Å². The van der Waals surface area contributed by atoms with Gasteiger partial charge >= 0.3 is 6.03 Å². The number of likely N-dealkylation sites (tertiary alicyclic amines) is 1. The minimum atomic E-state index is 0.0254. The Morgan fingerprint density at radius 2 is 2.45 bits per heavy atom. The van der Waals surface area contributed by atoms with Gasteiger partial charge < -0.3 is 15.5 Å². The number of urea groups is 1.